The molecule has 0 aliphatic rings. The molecule has 0 aliphatic heterocycles. The summed E-state index contributed by atoms with van der Waals surface area (Å²) in [7, 11) is 1.44. The summed E-state index contributed by atoms with van der Waals surface area (Å²) in [6, 6.07) is 14.2. The summed E-state index contributed by atoms with van der Waals surface area (Å²) in [5.74, 6) is -0.991. The van der Waals surface area contributed by atoms with Crippen molar-refractivity contribution in [2.45, 2.75) is 6.92 Å². The van der Waals surface area contributed by atoms with Gasteiger partial charge in [-0.25, -0.2) is 9.59 Å². The number of carbonyl (C=O) groups excluding carboxylic acids is 2. The Balaban J connectivity index is 2.01. The first-order valence-electron chi connectivity index (χ1n) is 9.70. The second-order valence-electron chi connectivity index (χ2n) is 6.49. The topological polar surface area (TPSA) is 117 Å². The molecule has 3 rings (SSSR count). The number of amides is 1. The number of ether oxygens (including phenoxy) is 2. The van der Waals surface area contributed by atoms with Crippen LogP contribution in [0, 0.1) is 0 Å². The van der Waals surface area contributed by atoms with E-state index in [4.69, 9.17) is 13.9 Å². The average molecular weight is 432 g/mol. The summed E-state index contributed by atoms with van der Waals surface area (Å²) in [5.41, 5.74) is 9.57. The second kappa shape index (κ2) is 10.1. The Morgan fingerprint density at radius 3 is 2.53 bits per heavy atom. The van der Waals surface area contributed by atoms with Gasteiger partial charge in [0.05, 0.1) is 19.4 Å². The van der Waals surface area contributed by atoms with E-state index in [0.717, 1.165) is 0 Å². The fourth-order valence-electron chi connectivity index (χ4n) is 2.88. The Morgan fingerprint density at radius 1 is 1.09 bits per heavy atom. The van der Waals surface area contributed by atoms with Gasteiger partial charge in [0.15, 0.2) is 0 Å². The first-order chi connectivity index (χ1) is 15.4. The molecule has 0 spiro atoms. The van der Waals surface area contributed by atoms with Gasteiger partial charge in [0, 0.05) is 11.1 Å². The van der Waals surface area contributed by atoms with Crippen LogP contribution in [0.3, 0.4) is 0 Å². The van der Waals surface area contributed by atoms with E-state index in [1.54, 1.807) is 49.4 Å². The number of benzene rings is 2. The monoisotopic (exact) mass is 432 g/mol. The molecule has 1 amide bonds. The van der Waals surface area contributed by atoms with Crippen LogP contribution in [0.5, 0.6) is 5.75 Å². The Kier molecular flexibility index (Phi) is 7.07. The highest BCUT2D eigenvalue weighted by Gasteiger charge is 2.19. The minimum atomic E-state index is -0.855. The van der Waals surface area contributed by atoms with Crippen molar-refractivity contribution in [2.75, 3.05) is 19.0 Å². The second-order valence-corrected chi connectivity index (χ2v) is 6.49. The van der Waals surface area contributed by atoms with Crippen LogP contribution >= 0.6 is 0 Å². The van der Waals surface area contributed by atoms with Crippen molar-refractivity contribution in [3.63, 3.8) is 0 Å². The first-order valence-corrected chi connectivity index (χ1v) is 9.70. The molecule has 8 heteroatoms. The van der Waals surface area contributed by atoms with Crippen molar-refractivity contribution >= 4 is 35.4 Å². The number of nitrogens with one attached hydrogen (secondary N) is 1. The molecule has 32 heavy (non-hydrogen) atoms. The highest BCUT2D eigenvalue weighted by Crippen LogP contribution is 2.28. The van der Waals surface area contributed by atoms with E-state index in [-0.39, 0.29) is 29.3 Å². The normalized spacial score (nSPS) is 10.7. The predicted molar refractivity (Wildman–Crippen MR) is 119 cm³/mol. The maximum atomic E-state index is 12.5. The molecule has 0 aliphatic carbocycles. The SMILES string of the molecule is CCOC(=O)c1cc(NC(=O)c2ccccc2)c(=O)oc1/C=C/c1c([N])cccc1OC. The average Bonchev–Trinajstić information content (AvgIpc) is 2.80. The van der Waals surface area contributed by atoms with E-state index in [0.29, 0.717) is 16.9 Å². The molecule has 1 heterocycles. The van der Waals surface area contributed by atoms with Crippen molar-refractivity contribution in [1.29, 1.82) is 0 Å². The zero-order valence-electron chi connectivity index (χ0n) is 17.5. The molecule has 8 nitrogen and oxygen atoms in total. The third kappa shape index (κ3) is 5.04. The van der Waals surface area contributed by atoms with Crippen LogP contribution < -0.4 is 21.4 Å². The Labute approximate surface area is 184 Å². The van der Waals surface area contributed by atoms with Gasteiger partial charge in [-0.15, -0.1) is 5.73 Å². The molecule has 0 saturated heterocycles. The van der Waals surface area contributed by atoms with E-state index < -0.39 is 17.5 Å². The van der Waals surface area contributed by atoms with Crippen molar-refractivity contribution in [2.24, 2.45) is 0 Å². The molecule has 2 radical (unpaired) electrons. The molecule has 0 fully saturated rings. The van der Waals surface area contributed by atoms with E-state index in [2.05, 4.69) is 5.32 Å². The van der Waals surface area contributed by atoms with Crippen LogP contribution in [0.1, 0.15) is 39.0 Å². The van der Waals surface area contributed by atoms with Gasteiger partial charge in [-0.3, -0.25) is 4.79 Å². The molecular weight excluding hydrogens is 412 g/mol. The number of nitrogens with zero attached hydrogens (tertiary/aromatic N) is 1. The summed E-state index contributed by atoms with van der Waals surface area (Å²) >= 11 is 0. The lowest BCUT2D eigenvalue weighted by Gasteiger charge is -2.09. The van der Waals surface area contributed by atoms with Crippen LogP contribution in [-0.2, 0) is 4.74 Å². The lowest BCUT2D eigenvalue weighted by atomic mass is 10.1. The highest BCUT2D eigenvalue weighted by atomic mass is 16.5. The summed E-state index contributed by atoms with van der Waals surface area (Å²) in [4.78, 5) is 37.4. The zero-order chi connectivity index (χ0) is 23.1. The lowest BCUT2D eigenvalue weighted by Crippen LogP contribution is -2.20. The van der Waals surface area contributed by atoms with Crippen LogP contribution in [-0.4, -0.2) is 25.6 Å². The van der Waals surface area contributed by atoms with Gasteiger partial charge in [0.2, 0.25) is 0 Å². The van der Waals surface area contributed by atoms with Crippen LogP contribution in [0.25, 0.3) is 12.2 Å². The van der Waals surface area contributed by atoms with E-state index in [9.17, 15) is 20.1 Å². The van der Waals surface area contributed by atoms with Gasteiger partial charge < -0.3 is 19.2 Å². The van der Waals surface area contributed by atoms with E-state index >= 15 is 0 Å². The van der Waals surface area contributed by atoms with Gasteiger partial charge in [0.25, 0.3) is 5.91 Å². The third-order valence-corrected chi connectivity index (χ3v) is 4.42. The third-order valence-electron chi connectivity index (χ3n) is 4.42. The summed E-state index contributed by atoms with van der Waals surface area (Å²) in [5, 5.41) is 2.46. The van der Waals surface area contributed by atoms with Crippen molar-refractivity contribution in [3.8, 4) is 5.75 Å². The Morgan fingerprint density at radius 2 is 1.84 bits per heavy atom. The summed E-state index contributed by atoms with van der Waals surface area (Å²) in [6.45, 7) is 1.73. The predicted octanol–water partition coefficient (Wildman–Crippen LogP) is 3.95. The number of hydrogen-bond acceptors (Lipinski definition) is 6. The molecular formula is C24H20N2O6. The highest BCUT2D eigenvalue weighted by molar-refractivity contribution is 6.05. The zero-order valence-corrected chi connectivity index (χ0v) is 17.5. The largest absolute Gasteiger partial charge is 0.496 e. The molecule has 0 atom stereocenters. The maximum absolute atomic E-state index is 12.5. The molecule has 2 aromatic carbocycles. The minimum Gasteiger partial charge on any atom is -0.496 e. The Bertz CT molecular complexity index is 1210. The quantitative estimate of drug-likeness (QED) is 0.565. The number of hydrogen-bond donors (Lipinski definition) is 1. The lowest BCUT2D eigenvalue weighted by molar-refractivity contribution is 0.0522. The van der Waals surface area contributed by atoms with Gasteiger partial charge in [-0.1, -0.05) is 24.3 Å². The summed E-state index contributed by atoms with van der Waals surface area (Å²) < 4.78 is 15.6. The van der Waals surface area contributed by atoms with E-state index in [1.165, 1.54) is 31.4 Å². The Hall–Kier alpha value is -4.33. The fraction of sp³-hybridized carbons (Fsp3) is 0.125. The van der Waals surface area contributed by atoms with Crippen LogP contribution in [0.4, 0.5) is 11.4 Å². The molecule has 162 valence electrons. The van der Waals surface area contributed by atoms with Crippen LogP contribution in [0.2, 0.25) is 0 Å². The number of rotatable bonds is 7. The van der Waals surface area contributed by atoms with Gasteiger partial charge in [-0.05, 0) is 49.4 Å². The molecule has 0 unspecified atom stereocenters. The smallest absolute Gasteiger partial charge is 0.360 e. The van der Waals surface area contributed by atoms with Crippen molar-refractivity contribution < 1.29 is 23.5 Å². The van der Waals surface area contributed by atoms with E-state index in [1.807, 2.05) is 0 Å². The number of methoxy groups -OCH3 is 1. The van der Waals surface area contributed by atoms with Gasteiger partial charge in [-0.2, -0.15) is 0 Å². The number of esters is 1. The van der Waals surface area contributed by atoms with Crippen LogP contribution in [0.15, 0.2) is 63.8 Å². The number of carbonyl (C=O) groups is 2. The maximum Gasteiger partial charge on any atom is 0.360 e. The number of anilines is 1. The molecule has 1 aromatic heterocycles. The fourth-order valence-corrected chi connectivity index (χ4v) is 2.88. The molecule has 1 N–H and O–H groups in total. The molecule has 0 bridgehead atoms. The van der Waals surface area contributed by atoms with Crippen molar-refractivity contribution in [1.82, 2.24) is 5.73 Å². The van der Waals surface area contributed by atoms with Gasteiger partial charge >= 0.3 is 11.6 Å². The standard InChI is InChI=1S/C24H20N2O6/c1-3-31-23(28)17-14-19(26-22(27)15-8-5-4-6-9-15)24(29)32-21(17)13-12-16-18(25)10-7-11-20(16)30-2/h4-14H,3H2,1-2H3,(H,26,27)/b13-12+. The molecule has 0 saturated carbocycles. The van der Waals surface area contributed by atoms with Crippen molar-refractivity contribution in [3.05, 3.63) is 87.5 Å². The minimum absolute atomic E-state index is 0.0626. The summed E-state index contributed by atoms with van der Waals surface area (Å²) in [6.07, 6.45) is 2.78. The molecule has 3 aromatic rings. The first kappa shape index (κ1) is 22.4. The van der Waals surface area contributed by atoms with Gasteiger partial charge in [0.1, 0.15) is 22.8 Å².